The molecule has 4 nitrogen and oxygen atoms in total. The highest BCUT2D eigenvalue weighted by molar-refractivity contribution is 6.18. The van der Waals surface area contributed by atoms with Gasteiger partial charge in [-0.05, 0) is 36.6 Å². The molecule has 0 amide bonds. The average Bonchev–Trinajstić information content (AvgIpc) is 2.37. The molecule has 0 aliphatic carbocycles. The molecule has 1 rings (SSSR count). The van der Waals surface area contributed by atoms with Crippen LogP contribution in [0.1, 0.15) is 29.7 Å². The minimum atomic E-state index is -0.829. The summed E-state index contributed by atoms with van der Waals surface area (Å²) in [5, 5.41) is 10.0. The van der Waals surface area contributed by atoms with Crippen LogP contribution in [0.3, 0.4) is 0 Å². The van der Waals surface area contributed by atoms with Crippen LogP contribution in [0.15, 0.2) is 12.1 Å². The minimum absolute atomic E-state index is 0.0441. The average molecular weight is 287 g/mol. The van der Waals surface area contributed by atoms with E-state index in [4.69, 9.17) is 21.1 Å². The molecular formula is C14H19ClO4. The topological polar surface area (TPSA) is 55.8 Å². The van der Waals surface area contributed by atoms with Crippen molar-refractivity contribution >= 4 is 17.6 Å². The Morgan fingerprint density at radius 1 is 1.37 bits per heavy atom. The van der Waals surface area contributed by atoms with Gasteiger partial charge in [-0.2, -0.15) is 0 Å². The maximum atomic E-state index is 10.7. The molecule has 106 valence electrons. The summed E-state index contributed by atoms with van der Waals surface area (Å²) < 4.78 is 10.3. The predicted octanol–water partition coefficient (Wildman–Crippen LogP) is 2.52. The normalized spacial score (nSPS) is 12.1. The summed E-state index contributed by atoms with van der Waals surface area (Å²) in [7, 11) is 0. The monoisotopic (exact) mass is 286 g/mol. The standard InChI is InChI=1S/C14H19ClO4/c1-9-10(2)14(18-7-6-15)5-4-12(9)13(17)8-19-11(3)16/h4-5,13,17H,6-8H2,1-3H3. The number of hydrogen-bond acceptors (Lipinski definition) is 4. The van der Waals surface area contributed by atoms with Crippen molar-refractivity contribution in [3.05, 3.63) is 28.8 Å². The van der Waals surface area contributed by atoms with Crippen LogP contribution >= 0.6 is 11.6 Å². The van der Waals surface area contributed by atoms with Gasteiger partial charge in [0.25, 0.3) is 0 Å². The van der Waals surface area contributed by atoms with Crippen molar-refractivity contribution in [1.82, 2.24) is 0 Å². The van der Waals surface area contributed by atoms with Gasteiger partial charge in [-0.15, -0.1) is 11.6 Å². The first-order valence-electron chi connectivity index (χ1n) is 6.07. The van der Waals surface area contributed by atoms with E-state index in [2.05, 4.69) is 0 Å². The molecule has 0 aromatic heterocycles. The summed E-state index contributed by atoms with van der Waals surface area (Å²) in [6.07, 6.45) is -0.829. The quantitative estimate of drug-likeness (QED) is 0.645. The Morgan fingerprint density at radius 3 is 2.63 bits per heavy atom. The molecule has 0 bridgehead atoms. The molecular weight excluding hydrogens is 268 g/mol. The molecule has 1 N–H and O–H groups in total. The third-order valence-electron chi connectivity index (χ3n) is 2.92. The van der Waals surface area contributed by atoms with E-state index in [-0.39, 0.29) is 6.61 Å². The van der Waals surface area contributed by atoms with Crippen LogP contribution in [-0.2, 0) is 9.53 Å². The smallest absolute Gasteiger partial charge is 0.302 e. The van der Waals surface area contributed by atoms with Gasteiger partial charge in [-0.1, -0.05) is 6.07 Å². The third kappa shape index (κ3) is 4.40. The second kappa shape index (κ2) is 7.36. The van der Waals surface area contributed by atoms with Gasteiger partial charge in [0.05, 0.1) is 5.88 Å². The maximum absolute atomic E-state index is 10.7. The Hall–Kier alpha value is -1.26. The van der Waals surface area contributed by atoms with Gasteiger partial charge in [-0.25, -0.2) is 0 Å². The van der Waals surface area contributed by atoms with E-state index in [1.54, 1.807) is 12.1 Å². The highest BCUT2D eigenvalue weighted by Gasteiger charge is 2.15. The van der Waals surface area contributed by atoms with Gasteiger partial charge >= 0.3 is 5.97 Å². The minimum Gasteiger partial charge on any atom is -0.492 e. The van der Waals surface area contributed by atoms with Gasteiger partial charge in [0.2, 0.25) is 0 Å². The zero-order valence-corrected chi connectivity index (χ0v) is 12.2. The van der Waals surface area contributed by atoms with Crippen molar-refractivity contribution < 1.29 is 19.4 Å². The third-order valence-corrected chi connectivity index (χ3v) is 3.07. The van der Waals surface area contributed by atoms with Gasteiger partial charge in [0.15, 0.2) is 0 Å². The Balaban J connectivity index is 2.85. The molecule has 1 unspecified atom stereocenters. The molecule has 0 saturated carbocycles. The van der Waals surface area contributed by atoms with Crippen LogP contribution in [0.25, 0.3) is 0 Å². The fourth-order valence-electron chi connectivity index (χ4n) is 1.77. The number of ether oxygens (including phenoxy) is 2. The summed E-state index contributed by atoms with van der Waals surface area (Å²) >= 11 is 5.58. The Labute approximate surface area is 118 Å². The Bertz CT molecular complexity index is 445. The summed E-state index contributed by atoms with van der Waals surface area (Å²) in [6.45, 7) is 5.53. The van der Waals surface area contributed by atoms with E-state index in [1.165, 1.54) is 6.92 Å². The van der Waals surface area contributed by atoms with E-state index < -0.39 is 12.1 Å². The molecule has 1 aromatic rings. The lowest BCUT2D eigenvalue weighted by Gasteiger charge is -2.17. The molecule has 0 aliphatic heterocycles. The summed E-state index contributed by atoms with van der Waals surface area (Å²) in [5.41, 5.74) is 2.60. The predicted molar refractivity (Wildman–Crippen MR) is 73.7 cm³/mol. The number of halogens is 1. The molecule has 0 aliphatic rings. The number of carbonyl (C=O) groups excluding carboxylic acids is 1. The van der Waals surface area contributed by atoms with E-state index >= 15 is 0 Å². The first kappa shape index (κ1) is 15.8. The van der Waals surface area contributed by atoms with Crippen LogP contribution in [0.4, 0.5) is 0 Å². The molecule has 19 heavy (non-hydrogen) atoms. The summed E-state index contributed by atoms with van der Waals surface area (Å²) in [6, 6.07) is 3.57. The van der Waals surface area contributed by atoms with Gasteiger partial charge in [0.1, 0.15) is 25.1 Å². The Kier molecular flexibility index (Phi) is 6.12. The number of benzene rings is 1. The number of hydrogen-bond donors (Lipinski definition) is 1. The molecule has 5 heteroatoms. The molecule has 0 saturated heterocycles. The van der Waals surface area contributed by atoms with E-state index in [9.17, 15) is 9.90 Å². The number of aliphatic hydroxyl groups is 1. The van der Waals surface area contributed by atoms with Crippen molar-refractivity contribution in [2.24, 2.45) is 0 Å². The second-order valence-corrected chi connectivity index (χ2v) is 4.64. The highest BCUT2D eigenvalue weighted by Crippen LogP contribution is 2.28. The second-order valence-electron chi connectivity index (χ2n) is 4.26. The molecule has 0 heterocycles. The van der Waals surface area contributed by atoms with E-state index in [0.29, 0.717) is 12.5 Å². The highest BCUT2D eigenvalue weighted by atomic mass is 35.5. The van der Waals surface area contributed by atoms with Gasteiger partial charge < -0.3 is 14.6 Å². The number of aliphatic hydroxyl groups excluding tert-OH is 1. The first-order chi connectivity index (χ1) is 8.97. The van der Waals surface area contributed by atoms with Crippen LogP contribution in [0.2, 0.25) is 0 Å². The van der Waals surface area contributed by atoms with Crippen molar-refractivity contribution in [3.8, 4) is 5.75 Å². The summed E-state index contributed by atoms with van der Waals surface area (Å²) in [4.78, 5) is 10.7. The first-order valence-corrected chi connectivity index (χ1v) is 6.61. The van der Waals surface area contributed by atoms with Crippen molar-refractivity contribution in [2.75, 3.05) is 19.1 Å². The fourth-order valence-corrected chi connectivity index (χ4v) is 1.85. The van der Waals surface area contributed by atoms with Gasteiger partial charge in [-0.3, -0.25) is 4.79 Å². The lowest BCUT2D eigenvalue weighted by Crippen LogP contribution is -2.12. The lowest BCUT2D eigenvalue weighted by atomic mass is 9.98. The molecule has 1 atom stereocenters. The van der Waals surface area contributed by atoms with Crippen LogP contribution in [0.5, 0.6) is 5.75 Å². The maximum Gasteiger partial charge on any atom is 0.302 e. The zero-order chi connectivity index (χ0) is 14.4. The number of esters is 1. The van der Waals surface area contributed by atoms with Crippen molar-refractivity contribution in [1.29, 1.82) is 0 Å². The number of rotatable bonds is 6. The van der Waals surface area contributed by atoms with E-state index in [1.807, 2.05) is 13.8 Å². The zero-order valence-electron chi connectivity index (χ0n) is 11.4. The lowest BCUT2D eigenvalue weighted by molar-refractivity contribution is -0.144. The van der Waals surface area contributed by atoms with Crippen LogP contribution in [0, 0.1) is 13.8 Å². The SMILES string of the molecule is CC(=O)OCC(O)c1ccc(OCCCl)c(C)c1C. The summed E-state index contributed by atoms with van der Waals surface area (Å²) in [5.74, 6) is 0.770. The van der Waals surface area contributed by atoms with Crippen LogP contribution in [-0.4, -0.2) is 30.2 Å². The number of carbonyl (C=O) groups is 1. The largest absolute Gasteiger partial charge is 0.492 e. The van der Waals surface area contributed by atoms with Gasteiger partial charge in [0, 0.05) is 6.92 Å². The Morgan fingerprint density at radius 2 is 2.05 bits per heavy atom. The molecule has 0 fully saturated rings. The van der Waals surface area contributed by atoms with E-state index in [0.717, 1.165) is 22.4 Å². The number of alkyl halides is 1. The van der Waals surface area contributed by atoms with Crippen LogP contribution < -0.4 is 4.74 Å². The molecule has 1 aromatic carbocycles. The molecule has 0 spiro atoms. The van der Waals surface area contributed by atoms with Crippen molar-refractivity contribution in [3.63, 3.8) is 0 Å². The van der Waals surface area contributed by atoms with Crippen molar-refractivity contribution in [2.45, 2.75) is 26.9 Å². The molecule has 0 radical (unpaired) electrons. The fraction of sp³-hybridized carbons (Fsp3) is 0.500.